The number of ether oxygens (including phenoxy) is 2. The fraction of sp³-hybridized carbons (Fsp3) is 0.136. The lowest BCUT2D eigenvalue weighted by Gasteiger charge is -2.08. The zero-order chi connectivity index (χ0) is 22.7. The zero-order valence-corrected chi connectivity index (χ0v) is 18.0. The topological polar surface area (TPSA) is 112 Å². The standard InChI is InChI=1S/C22H18N4O5S/c1-13-25-26-19(27)11-17(24-22(26)32-13)12-31-21(29)14-6-8-16(9-7-14)23-20(28)15-4-3-5-18(10-15)30-2/h3-11H,12H2,1-2H3,(H,23,28). The van der Waals surface area contributed by atoms with Gasteiger partial charge in [-0.2, -0.15) is 9.61 Å². The van der Waals surface area contributed by atoms with Gasteiger partial charge in [0.15, 0.2) is 0 Å². The minimum atomic E-state index is -0.571. The second kappa shape index (κ2) is 8.98. The number of amides is 1. The quantitative estimate of drug-likeness (QED) is 0.449. The van der Waals surface area contributed by atoms with Gasteiger partial charge in [-0.05, 0) is 49.4 Å². The van der Waals surface area contributed by atoms with E-state index in [4.69, 9.17) is 9.47 Å². The molecule has 32 heavy (non-hydrogen) atoms. The molecule has 4 rings (SSSR count). The molecule has 1 N–H and O–H groups in total. The van der Waals surface area contributed by atoms with Crippen molar-refractivity contribution in [3.63, 3.8) is 0 Å². The smallest absolute Gasteiger partial charge is 0.338 e. The first-order valence-electron chi connectivity index (χ1n) is 9.52. The predicted octanol–water partition coefficient (Wildman–Crippen LogP) is 3.08. The number of nitrogens with zero attached hydrogens (tertiary/aromatic N) is 3. The van der Waals surface area contributed by atoms with E-state index < -0.39 is 5.97 Å². The Morgan fingerprint density at radius 1 is 1.09 bits per heavy atom. The highest BCUT2D eigenvalue weighted by atomic mass is 32.1. The molecule has 0 aliphatic carbocycles. The molecule has 4 aromatic rings. The minimum Gasteiger partial charge on any atom is -0.497 e. The number of aromatic nitrogens is 3. The van der Waals surface area contributed by atoms with E-state index >= 15 is 0 Å². The van der Waals surface area contributed by atoms with Crippen LogP contribution < -0.4 is 15.6 Å². The number of esters is 1. The van der Waals surface area contributed by atoms with E-state index in [1.165, 1.54) is 29.0 Å². The average Bonchev–Trinajstić information content (AvgIpc) is 3.18. The van der Waals surface area contributed by atoms with Gasteiger partial charge in [-0.3, -0.25) is 9.59 Å². The fourth-order valence-corrected chi connectivity index (χ4v) is 3.67. The Morgan fingerprint density at radius 3 is 2.62 bits per heavy atom. The van der Waals surface area contributed by atoms with Crippen LogP contribution in [0.1, 0.15) is 31.4 Å². The maximum absolute atomic E-state index is 12.4. The van der Waals surface area contributed by atoms with Crippen molar-refractivity contribution in [2.24, 2.45) is 0 Å². The first-order valence-corrected chi connectivity index (χ1v) is 10.3. The van der Waals surface area contributed by atoms with Crippen molar-refractivity contribution >= 4 is 33.9 Å². The Kier molecular flexibility index (Phi) is 5.95. The molecule has 0 atom stereocenters. The van der Waals surface area contributed by atoms with E-state index in [0.717, 1.165) is 0 Å². The first-order chi connectivity index (χ1) is 15.4. The van der Waals surface area contributed by atoms with Gasteiger partial charge >= 0.3 is 5.97 Å². The van der Waals surface area contributed by atoms with Crippen molar-refractivity contribution in [2.45, 2.75) is 13.5 Å². The fourth-order valence-electron chi connectivity index (χ4n) is 2.91. The van der Waals surface area contributed by atoms with E-state index in [1.54, 1.807) is 55.5 Å². The van der Waals surface area contributed by atoms with Gasteiger partial charge in [0.25, 0.3) is 11.5 Å². The summed E-state index contributed by atoms with van der Waals surface area (Å²) >= 11 is 1.28. The van der Waals surface area contributed by atoms with Gasteiger partial charge in [-0.25, -0.2) is 9.78 Å². The normalized spacial score (nSPS) is 10.7. The summed E-state index contributed by atoms with van der Waals surface area (Å²) in [6, 6.07) is 14.4. The van der Waals surface area contributed by atoms with E-state index in [0.29, 0.717) is 38.2 Å². The number of aryl methyl sites for hydroxylation is 1. The van der Waals surface area contributed by atoms with Crippen molar-refractivity contribution in [3.05, 3.63) is 86.8 Å². The predicted molar refractivity (Wildman–Crippen MR) is 118 cm³/mol. The summed E-state index contributed by atoms with van der Waals surface area (Å²) in [5.74, 6) is -0.291. The molecule has 0 bridgehead atoms. The molecule has 0 unspecified atom stereocenters. The number of carbonyl (C=O) groups is 2. The van der Waals surface area contributed by atoms with Gasteiger partial charge in [-0.15, -0.1) is 0 Å². The summed E-state index contributed by atoms with van der Waals surface area (Å²) in [5.41, 5.74) is 1.28. The summed E-state index contributed by atoms with van der Waals surface area (Å²) in [4.78, 5) is 41.6. The molecule has 0 spiro atoms. The number of rotatable bonds is 6. The number of anilines is 1. The molecule has 9 nitrogen and oxygen atoms in total. The second-order valence-electron chi connectivity index (χ2n) is 6.74. The highest BCUT2D eigenvalue weighted by molar-refractivity contribution is 7.16. The third-order valence-corrected chi connectivity index (χ3v) is 5.28. The summed E-state index contributed by atoms with van der Waals surface area (Å²) in [5, 5.41) is 7.54. The number of nitrogens with one attached hydrogen (secondary N) is 1. The maximum atomic E-state index is 12.4. The molecule has 0 fully saturated rings. The van der Waals surface area contributed by atoms with Crippen molar-refractivity contribution < 1.29 is 19.1 Å². The lowest BCUT2D eigenvalue weighted by molar-refractivity contribution is 0.0467. The number of carbonyl (C=O) groups excluding carboxylic acids is 2. The maximum Gasteiger partial charge on any atom is 0.338 e. The van der Waals surface area contributed by atoms with E-state index in [1.807, 2.05) is 0 Å². The largest absolute Gasteiger partial charge is 0.497 e. The van der Waals surface area contributed by atoms with Crippen LogP contribution in [0.2, 0.25) is 0 Å². The van der Waals surface area contributed by atoms with Crippen LogP contribution in [0.3, 0.4) is 0 Å². The molecular formula is C22H18N4O5S. The Hall–Kier alpha value is -4.05. The van der Waals surface area contributed by atoms with Gasteiger partial charge in [-0.1, -0.05) is 17.4 Å². The van der Waals surface area contributed by atoms with E-state index in [9.17, 15) is 14.4 Å². The summed E-state index contributed by atoms with van der Waals surface area (Å²) in [7, 11) is 1.53. The molecule has 162 valence electrons. The van der Waals surface area contributed by atoms with E-state index in [-0.39, 0.29) is 18.1 Å². The Bertz CT molecular complexity index is 1360. The molecule has 0 saturated carbocycles. The summed E-state index contributed by atoms with van der Waals surface area (Å²) < 4.78 is 11.6. The van der Waals surface area contributed by atoms with E-state index in [2.05, 4.69) is 15.4 Å². The van der Waals surface area contributed by atoms with Gasteiger partial charge in [0, 0.05) is 17.3 Å². The SMILES string of the molecule is COc1cccc(C(=O)Nc2ccc(C(=O)OCc3cc(=O)n4nc(C)sc4n3)cc2)c1. The van der Waals surface area contributed by atoms with Crippen molar-refractivity contribution in [2.75, 3.05) is 12.4 Å². The number of benzene rings is 2. The van der Waals surface area contributed by atoms with Crippen LogP contribution in [0, 0.1) is 6.92 Å². The zero-order valence-electron chi connectivity index (χ0n) is 17.2. The monoisotopic (exact) mass is 450 g/mol. The van der Waals surface area contributed by atoms with Crippen molar-refractivity contribution in [1.82, 2.24) is 14.6 Å². The lowest BCUT2D eigenvalue weighted by atomic mass is 10.1. The van der Waals surface area contributed by atoms with Crippen LogP contribution in [0.25, 0.3) is 4.96 Å². The summed E-state index contributed by atoms with van der Waals surface area (Å²) in [6.45, 7) is 1.64. The van der Waals surface area contributed by atoms with Crippen LogP contribution in [0.4, 0.5) is 5.69 Å². The minimum absolute atomic E-state index is 0.143. The third-order valence-electron chi connectivity index (χ3n) is 4.46. The summed E-state index contributed by atoms with van der Waals surface area (Å²) in [6.07, 6.45) is 0. The highest BCUT2D eigenvalue weighted by Crippen LogP contribution is 2.16. The Labute approximate surface area is 186 Å². The highest BCUT2D eigenvalue weighted by Gasteiger charge is 2.12. The molecule has 10 heteroatoms. The van der Waals surface area contributed by atoms with Gasteiger partial charge in [0.1, 0.15) is 17.4 Å². The molecular weight excluding hydrogens is 432 g/mol. The third kappa shape index (κ3) is 4.65. The van der Waals surface area contributed by atoms with Crippen molar-refractivity contribution in [1.29, 1.82) is 0 Å². The molecule has 1 amide bonds. The van der Waals surface area contributed by atoms with Gasteiger partial charge in [0.05, 0.1) is 18.4 Å². The van der Waals surface area contributed by atoms with Crippen LogP contribution in [0.15, 0.2) is 59.4 Å². The van der Waals surface area contributed by atoms with Gasteiger partial charge < -0.3 is 14.8 Å². The Morgan fingerprint density at radius 2 is 1.88 bits per heavy atom. The lowest BCUT2D eigenvalue weighted by Crippen LogP contribution is -2.16. The number of methoxy groups -OCH3 is 1. The molecule has 2 heterocycles. The molecule has 0 aliphatic heterocycles. The van der Waals surface area contributed by atoms with Crippen LogP contribution in [-0.2, 0) is 11.3 Å². The van der Waals surface area contributed by atoms with Crippen molar-refractivity contribution in [3.8, 4) is 5.75 Å². The van der Waals surface area contributed by atoms with Crippen LogP contribution in [0.5, 0.6) is 5.75 Å². The first kappa shape index (κ1) is 21.2. The number of hydrogen-bond acceptors (Lipinski definition) is 8. The molecule has 0 radical (unpaired) electrons. The van der Waals surface area contributed by atoms with Crippen LogP contribution >= 0.6 is 11.3 Å². The Balaban J connectivity index is 1.38. The van der Waals surface area contributed by atoms with Crippen LogP contribution in [-0.4, -0.2) is 33.6 Å². The second-order valence-corrected chi connectivity index (χ2v) is 7.90. The molecule has 0 aliphatic rings. The van der Waals surface area contributed by atoms with Gasteiger partial charge in [0.2, 0.25) is 4.96 Å². The number of fused-ring (bicyclic) bond motifs is 1. The number of hydrogen-bond donors (Lipinski definition) is 1. The molecule has 2 aromatic heterocycles. The molecule has 2 aromatic carbocycles. The molecule has 0 saturated heterocycles. The average molecular weight is 450 g/mol.